The molecule has 108 valence electrons. The van der Waals surface area contributed by atoms with Crippen molar-refractivity contribution in [3.63, 3.8) is 0 Å². The number of primary sulfonamides is 1. The van der Waals surface area contributed by atoms with Gasteiger partial charge in [-0.1, -0.05) is 6.07 Å². The van der Waals surface area contributed by atoms with E-state index < -0.39 is 10.0 Å². The molecule has 0 bridgehead atoms. The number of nitrogens with one attached hydrogen (secondary N) is 1. The second-order valence-electron chi connectivity index (χ2n) is 4.76. The summed E-state index contributed by atoms with van der Waals surface area (Å²) in [5.41, 5.74) is 3.47. The van der Waals surface area contributed by atoms with Crippen molar-refractivity contribution < 1.29 is 8.42 Å². The van der Waals surface area contributed by atoms with E-state index in [2.05, 4.69) is 10.4 Å². The lowest BCUT2D eigenvalue weighted by Gasteiger charge is -2.09. The van der Waals surface area contributed by atoms with Crippen molar-refractivity contribution >= 4 is 15.7 Å². The van der Waals surface area contributed by atoms with Crippen LogP contribution in [0.5, 0.6) is 0 Å². The van der Waals surface area contributed by atoms with Gasteiger partial charge in [0.25, 0.3) is 0 Å². The van der Waals surface area contributed by atoms with Crippen molar-refractivity contribution in [1.82, 2.24) is 9.78 Å². The van der Waals surface area contributed by atoms with E-state index in [0.29, 0.717) is 17.8 Å². The number of hydrogen-bond acceptors (Lipinski definition) is 4. The Kier molecular flexibility index (Phi) is 3.82. The lowest BCUT2D eigenvalue weighted by atomic mass is 10.2. The Morgan fingerprint density at radius 3 is 2.60 bits per heavy atom. The highest BCUT2D eigenvalue weighted by atomic mass is 32.2. The molecule has 1 aromatic carbocycles. The first-order chi connectivity index (χ1) is 9.29. The molecule has 0 aliphatic rings. The van der Waals surface area contributed by atoms with Crippen LogP contribution in [-0.4, -0.2) is 18.2 Å². The monoisotopic (exact) mass is 294 g/mol. The van der Waals surface area contributed by atoms with E-state index in [1.165, 1.54) is 0 Å². The van der Waals surface area contributed by atoms with Gasteiger partial charge < -0.3 is 5.32 Å². The molecule has 0 saturated heterocycles. The van der Waals surface area contributed by atoms with Crippen LogP contribution in [0.3, 0.4) is 0 Å². The highest BCUT2D eigenvalue weighted by molar-refractivity contribution is 7.89. The molecule has 7 heteroatoms. The van der Waals surface area contributed by atoms with Gasteiger partial charge in [0, 0.05) is 30.5 Å². The number of sulfonamides is 1. The summed E-state index contributed by atoms with van der Waals surface area (Å²) < 4.78 is 24.7. The van der Waals surface area contributed by atoms with Crippen LogP contribution in [0.1, 0.15) is 16.8 Å². The summed E-state index contributed by atoms with van der Waals surface area (Å²) in [4.78, 5) is 0.144. The van der Waals surface area contributed by atoms with Gasteiger partial charge in [-0.25, -0.2) is 13.6 Å². The van der Waals surface area contributed by atoms with E-state index >= 15 is 0 Å². The summed E-state index contributed by atoms with van der Waals surface area (Å²) >= 11 is 0. The van der Waals surface area contributed by atoms with Crippen molar-refractivity contribution in [1.29, 1.82) is 0 Å². The molecule has 20 heavy (non-hydrogen) atoms. The molecule has 1 aromatic heterocycles. The minimum Gasteiger partial charge on any atom is -0.381 e. The number of nitrogens with zero attached hydrogens (tertiary/aromatic N) is 2. The molecule has 6 nitrogen and oxygen atoms in total. The van der Waals surface area contributed by atoms with E-state index in [1.54, 1.807) is 29.9 Å². The average molecular weight is 294 g/mol. The summed E-state index contributed by atoms with van der Waals surface area (Å²) in [6.07, 6.45) is 1.79. The summed E-state index contributed by atoms with van der Waals surface area (Å²) in [6, 6.07) is 5.12. The number of benzene rings is 1. The van der Waals surface area contributed by atoms with Gasteiger partial charge in [-0.2, -0.15) is 5.10 Å². The Bertz CT molecular complexity index is 735. The fraction of sp³-hybridized carbons (Fsp3) is 0.308. The minimum atomic E-state index is -3.70. The van der Waals surface area contributed by atoms with Gasteiger partial charge >= 0.3 is 0 Å². The molecule has 0 aliphatic carbocycles. The summed E-state index contributed by atoms with van der Waals surface area (Å²) in [5, 5.41) is 12.5. The highest BCUT2D eigenvalue weighted by Crippen LogP contribution is 2.19. The van der Waals surface area contributed by atoms with Crippen LogP contribution in [0.2, 0.25) is 0 Å². The topological polar surface area (TPSA) is 90.0 Å². The zero-order valence-electron chi connectivity index (χ0n) is 11.7. The lowest BCUT2D eigenvalue weighted by Crippen LogP contribution is -2.14. The van der Waals surface area contributed by atoms with Crippen LogP contribution < -0.4 is 10.5 Å². The number of aromatic nitrogens is 2. The third-order valence-corrected chi connectivity index (χ3v) is 4.37. The van der Waals surface area contributed by atoms with Crippen molar-refractivity contribution in [2.75, 3.05) is 5.32 Å². The summed E-state index contributed by atoms with van der Waals surface area (Å²) in [7, 11) is -1.82. The van der Waals surface area contributed by atoms with Crippen molar-refractivity contribution in [3.05, 3.63) is 41.2 Å². The number of rotatable bonds is 4. The van der Waals surface area contributed by atoms with E-state index in [-0.39, 0.29) is 4.90 Å². The first-order valence-electron chi connectivity index (χ1n) is 6.14. The molecule has 0 saturated carbocycles. The number of hydrogen-bond donors (Lipinski definition) is 2. The molecule has 2 rings (SSSR count). The zero-order chi connectivity index (χ0) is 14.9. The van der Waals surface area contributed by atoms with Gasteiger partial charge in [0.05, 0.1) is 11.1 Å². The molecular formula is C13H18N4O2S. The van der Waals surface area contributed by atoms with Crippen LogP contribution in [0, 0.1) is 13.8 Å². The molecule has 2 aromatic rings. The predicted molar refractivity (Wildman–Crippen MR) is 77.8 cm³/mol. The van der Waals surface area contributed by atoms with Gasteiger partial charge in [0.1, 0.15) is 0 Å². The Labute approximate surface area is 118 Å². The second-order valence-corrected chi connectivity index (χ2v) is 6.29. The van der Waals surface area contributed by atoms with Crippen molar-refractivity contribution in [3.8, 4) is 0 Å². The highest BCUT2D eigenvalue weighted by Gasteiger charge is 2.12. The number of nitrogens with two attached hydrogens (primary N) is 1. The third-order valence-electron chi connectivity index (χ3n) is 3.31. The Balaban J connectivity index is 2.21. The van der Waals surface area contributed by atoms with Gasteiger partial charge in [0.2, 0.25) is 10.0 Å². The molecule has 0 radical (unpaired) electrons. The standard InChI is InChI=1S/C13H18N4O2S/c1-9-4-5-12(6-13(9)20(14,18)19)15-7-11-8-16-17(3)10(11)2/h4-6,8,15H,7H2,1-3H3,(H2,14,18,19). The minimum absolute atomic E-state index is 0.144. The van der Waals surface area contributed by atoms with E-state index in [4.69, 9.17) is 5.14 Å². The molecular weight excluding hydrogens is 276 g/mol. The molecule has 1 heterocycles. The van der Waals surface area contributed by atoms with E-state index in [0.717, 1.165) is 11.3 Å². The van der Waals surface area contributed by atoms with Crippen LogP contribution in [0.4, 0.5) is 5.69 Å². The van der Waals surface area contributed by atoms with Gasteiger partial charge in [0.15, 0.2) is 0 Å². The predicted octanol–water partition coefficient (Wildman–Crippen LogP) is 1.30. The van der Waals surface area contributed by atoms with Gasteiger partial charge in [-0.15, -0.1) is 0 Å². The van der Waals surface area contributed by atoms with Gasteiger partial charge in [-0.05, 0) is 31.5 Å². The summed E-state index contributed by atoms with van der Waals surface area (Å²) in [6.45, 7) is 4.27. The molecule has 0 atom stereocenters. The maximum Gasteiger partial charge on any atom is 0.238 e. The number of aryl methyl sites for hydroxylation is 2. The SMILES string of the molecule is Cc1ccc(NCc2cnn(C)c2C)cc1S(N)(=O)=O. The lowest BCUT2D eigenvalue weighted by molar-refractivity contribution is 0.597. The fourth-order valence-corrected chi connectivity index (χ4v) is 2.74. The Morgan fingerprint density at radius 1 is 1.35 bits per heavy atom. The van der Waals surface area contributed by atoms with Crippen LogP contribution >= 0.6 is 0 Å². The molecule has 0 aliphatic heterocycles. The fourth-order valence-electron chi connectivity index (χ4n) is 1.93. The van der Waals surface area contributed by atoms with Crippen molar-refractivity contribution in [2.24, 2.45) is 12.2 Å². The first-order valence-corrected chi connectivity index (χ1v) is 7.68. The second kappa shape index (κ2) is 5.26. The maximum absolute atomic E-state index is 11.5. The first kappa shape index (κ1) is 14.5. The Morgan fingerprint density at radius 2 is 2.05 bits per heavy atom. The van der Waals surface area contributed by atoms with Crippen LogP contribution in [-0.2, 0) is 23.6 Å². The van der Waals surface area contributed by atoms with Crippen LogP contribution in [0.15, 0.2) is 29.3 Å². The molecule has 0 unspecified atom stereocenters. The quantitative estimate of drug-likeness (QED) is 0.889. The molecule has 0 fully saturated rings. The smallest absolute Gasteiger partial charge is 0.238 e. The number of anilines is 1. The van der Waals surface area contributed by atoms with Crippen LogP contribution in [0.25, 0.3) is 0 Å². The average Bonchev–Trinajstić information content (AvgIpc) is 2.68. The van der Waals surface area contributed by atoms with Gasteiger partial charge in [-0.3, -0.25) is 4.68 Å². The molecule has 0 spiro atoms. The zero-order valence-corrected chi connectivity index (χ0v) is 12.5. The van der Waals surface area contributed by atoms with E-state index in [1.807, 2.05) is 20.0 Å². The normalized spacial score (nSPS) is 11.6. The molecule has 3 N–H and O–H groups in total. The van der Waals surface area contributed by atoms with Crippen molar-refractivity contribution in [2.45, 2.75) is 25.3 Å². The molecule has 0 amide bonds. The summed E-state index contributed by atoms with van der Waals surface area (Å²) in [5.74, 6) is 0. The van der Waals surface area contributed by atoms with E-state index in [9.17, 15) is 8.42 Å². The Hall–Kier alpha value is -1.86. The maximum atomic E-state index is 11.5. The largest absolute Gasteiger partial charge is 0.381 e. The third kappa shape index (κ3) is 3.00.